The predicted octanol–water partition coefficient (Wildman–Crippen LogP) is 4.06. The number of aromatic amines is 1. The van der Waals surface area contributed by atoms with E-state index in [0.717, 1.165) is 18.5 Å². The maximum absolute atomic E-state index is 12.5. The summed E-state index contributed by atoms with van der Waals surface area (Å²) in [6, 6.07) is 10.1. The van der Waals surface area contributed by atoms with Crippen LogP contribution >= 0.6 is 11.3 Å². The number of aromatic nitrogens is 1. The zero-order chi connectivity index (χ0) is 19.3. The van der Waals surface area contributed by atoms with Crippen molar-refractivity contribution in [1.29, 1.82) is 0 Å². The number of nitrogens with zero attached hydrogens (tertiary/aromatic N) is 1. The van der Waals surface area contributed by atoms with E-state index in [1.165, 1.54) is 27.9 Å². The van der Waals surface area contributed by atoms with Gasteiger partial charge < -0.3 is 15.2 Å². The van der Waals surface area contributed by atoms with Gasteiger partial charge >= 0.3 is 0 Å². The Morgan fingerprint density at radius 2 is 2.11 bits per heavy atom. The minimum absolute atomic E-state index is 0.0713. The molecule has 2 aromatic heterocycles. The molecule has 2 amide bonds. The van der Waals surface area contributed by atoms with Crippen LogP contribution in [-0.4, -0.2) is 41.3 Å². The molecule has 2 N–H and O–H groups in total. The zero-order valence-corrected chi connectivity index (χ0v) is 16.4. The van der Waals surface area contributed by atoms with Gasteiger partial charge in [-0.15, -0.1) is 0 Å². The summed E-state index contributed by atoms with van der Waals surface area (Å²) >= 11 is 1.50. The Hall–Kier alpha value is -2.86. The molecule has 5 nitrogen and oxygen atoms in total. The summed E-state index contributed by atoms with van der Waals surface area (Å²) in [5, 5.41) is 7.81. The van der Waals surface area contributed by atoms with Crippen LogP contribution in [-0.2, 0) is 4.79 Å². The molecule has 0 saturated heterocycles. The zero-order valence-electron chi connectivity index (χ0n) is 15.6. The van der Waals surface area contributed by atoms with Crippen LogP contribution in [0.15, 0.2) is 53.4 Å². The Kier molecular flexibility index (Phi) is 5.58. The minimum Gasteiger partial charge on any atom is -0.361 e. The van der Waals surface area contributed by atoms with Crippen molar-refractivity contribution in [3.05, 3.63) is 64.5 Å². The second kappa shape index (κ2) is 8.44. The molecule has 0 atom stereocenters. The molecule has 1 aromatic carbocycles. The summed E-state index contributed by atoms with van der Waals surface area (Å²) in [4.78, 5) is 29.6. The fraction of sp³-hybridized carbons (Fsp3) is 0.273. The van der Waals surface area contributed by atoms with E-state index in [1.54, 1.807) is 6.07 Å². The van der Waals surface area contributed by atoms with Gasteiger partial charge in [-0.25, -0.2) is 0 Å². The number of para-hydroxylation sites is 1. The van der Waals surface area contributed by atoms with Gasteiger partial charge in [-0.2, -0.15) is 11.3 Å². The highest BCUT2D eigenvalue weighted by molar-refractivity contribution is 7.08. The number of H-pyrrole nitrogens is 1. The van der Waals surface area contributed by atoms with Gasteiger partial charge in [0.1, 0.15) is 0 Å². The smallest absolute Gasteiger partial charge is 0.252 e. The van der Waals surface area contributed by atoms with Crippen LogP contribution < -0.4 is 5.32 Å². The number of rotatable bonds is 6. The number of hydrogen-bond acceptors (Lipinski definition) is 3. The lowest BCUT2D eigenvalue weighted by Crippen LogP contribution is -2.35. The molecule has 3 aromatic rings. The van der Waals surface area contributed by atoms with Gasteiger partial charge in [0.25, 0.3) is 5.91 Å². The summed E-state index contributed by atoms with van der Waals surface area (Å²) in [7, 11) is 0. The van der Waals surface area contributed by atoms with Gasteiger partial charge in [0, 0.05) is 59.7 Å². The van der Waals surface area contributed by atoms with Crippen LogP contribution in [0.2, 0.25) is 0 Å². The second-order valence-electron chi connectivity index (χ2n) is 6.94. The average Bonchev–Trinajstić information content (AvgIpc) is 3.41. The predicted molar refractivity (Wildman–Crippen MR) is 113 cm³/mol. The van der Waals surface area contributed by atoms with Crippen LogP contribution in [0.4, 0.5) is 0 Å². The molecule has 28 heavy (non-hydrogen) atoms. The first kappa shape index (κ1) is 18.5. The Bertz CT molecular complexity index is 1000. The average molecular weight is 394 g/mol. The number of thiophene rings is 1. The maximum atomic E-state index is 12.5. The molecule has 0 radical (unpaired) electrons. The number of fused-ring (bicyclic) bond motifs is 1. The number of amides is 2. The first-order chi connectivity index (χ1) is 13.7. The molecule has 0 bridgehead atoms. The molecule has 1 aliphatic rings. The number of nitrogens with one attached hydrogen (secondary N) is 2. The van der Waals surface area contributed by atoms with Crippen molar-refractivity contribution in [2.45, 2.75) is 19.3 Å². The third-order valence-electron chi connectivity index (χ3n) is 5.13. The lowest BCUT2D eigenvalue weighted by atomic mass is 9.99. The molecule has 0 spiro atoms. The van der Waals surface area contributed by atoms with E-state index < -0.39 is 0 Å². The quantitative estimate of drug-likeness (QED) is 0.621. The molecule has 6 heteroatoms. The van der Waals surface area contributed by atoms with E-state index in [0.29, 0.717) is 31.5 Å². The molecule has 144 valence electrons. The second-order valence-corrected chi connectivity index (χ2v) is 7.72. The van der Waals surface area contributed by atoms with Gasteiger partial charge in [-0.1, -0.05) is 24.3 Å². The van der Waals surface area contributed by atoms with E-state index in [-0.39, 0.29) is 11.8 Å². The molecule has 1 aliphatic heterocycles. The van der Waals surface area contributed by atoms with E-state index >= 15 is 0 Å². The summed E-state index contributed by atoms with van der Waals surface area (Å²) in [6.07, 6.45) is 6.20. The van der Waals surface area contributed by atoms with Crippen molar-refractivity contribution in [2.75, 3.05) is 19.6 Å². The van der Waals surface area contributed by atoms with Crippen molar-refractivity contribution >= 4 is 39.6 Å². The lowest BCUT2D eigenvalue weighted by Gasteiger charge is -2.26. The van der Waals surface area contributed by atoms with Crippen molar-refractivity contribution in [1.82, 2.24) is 15.2 Å². The van der Waals surface area contributed by atoms with Crippen molar-refractivity contribution in [3.8, 4) is 0 Å². The molecular weight excluding hydrogens is 370 g/mol. The highest BCUT2D eigenvalue weighted by Gasteiger charge is 2.19. The Balaban J connectivity index is 1.26. The first-order valence-electron chi connectivity index (χ1n) is 9.56. The molecule has 0 saturated carbocycles. The summed E-state index contributed by atoms with van der Waals surface area (Å²) in [5.41, 5.74) is 4.35. The van der Waals surface area contributed by atoms with Gasteiger partial charge in [0.15, 0.2) is 0 Å². The normalized spacial score (nSPS) is 14.1. The number of hydrogen-bond donors (Lipinski definition) is 2. The summed E-state index contributed by atoms with van der Waals surface area (Å²) in [5.74, 6) is 0.0805. The third kappa shape index (κ3) is 4.02. The maximum Gasteiger partial charge on any atom is 0.252 e. The monoisotopic (exact) mass is 393 g/mol. The largest absolute Gasteiger partial charge is 0.361 e. The van der Waals surface area contributed by atoms with E-state index in [1.807, 2.05) is 21.7 Å². The molecule has 0 fully saturated rings. The van der Waals surface area contributed by atoms with Gasteiger partial charge in [0.05, 0.1) is 0 Å². The number of carbonyl (C=O) groups excluding carboxylic acids is 2. The highest BCUT2D eigenvalue weighted by atomic mass is 32.1. The van der Waals surface area contributed by atoms with Crippen LogP contribution in [0.5, 0.6) is 0 Å². The van der Waals surface area contributed by atoms with Crippen molar-refractivity contribution in [3.63, 3.8) is 0 Å². The third-order valence-corrected chi connectivity index (χ3v) is 5.82. The van der Waals surface area contributed by atoms with Crippen LogP contribution in [0.1, 0.15) is 35.2 Å². The van der Waals surface area contributed by atoms with Gasteiger partial charge in [-0.05, 0) is 35.9 Å². The van der Waals surface area contributed by atoms with E-state index in [9.17, 15) is 9.59 Å². The molecule has 4 rings (SSSR count). The molecule has 3 heterocycles. The lowest BCUT2D eigenvalue weighted by molar-refractivity contribution is -0.130. The number of carbonyl (C=O) groups is 2. The van der Waals surface area contributed by atoms with Crippen LogP contribution in [0.25, 0.3) is 16.5 Å². The number of benzene rings is 1. The summed E-state index contributed by atoms with van der Waals surface area (Å²) < 4.78 is 0. The van der Waals surface area contributed by atoms with Crippen LogP contribution in [0.3, 0.4) is 0 Å². The van der Waals surface area contributed by atoms with Crippen molar-refractivity contribution in [2.24, 2.45) is 0 Å². The first-order valence-corrected chi connectivity index (χ1v) is 10.5. The van der Waals surface area contributed by atoms with Crippen LogP contribution in [0, 0.1) is 0 Å². The fourth-order valence-corrected chi connectivity index (χ4v) is 4.21. The Labute approximate surface area is 168 Å². The SMILES string of the molecule is O=C(NCCCC(=O)N1CC=C(c2c[nH]c3ccccc23)CC1)c1ccsc1. The Morgan fingerprint density at radius 1 is 1.21 bits per heavy atom. The van der Waals surface area contributed by atoms with Gasteiger partial charge in [0.2, 0.25) is 5.91 Å². The molecule has 0 aliphatic carbocycles. The van der Waals surface area contributed by atoms with E-state index in [4.69, 9.17) is 0 Å². The van der Waals surface area contributed by atoms with E-state index in [2.05, 4.69) is 40.8 Å². The fourth-order valence-electron chi connectivity index (χ4n) is 3.57. The highest BCUT2D eigenvalue weighted by Crippen LogP contribution is 2.29. The van der Waals surface area contributed by atoms with Crippen molar-refractivity contribution < 1.29 is 9.59 Å². The minimum atomic E-state index is -0.0713. The van der Waals surface area contributed by atoms with Gasteiger partial charge in [-0.3, -0.25) is 9.59 Å². The Morgan fingerprint density at radius 3 is 2.89 bits per heavy atom. The molecular formula is C22H23N3O2S. The topological polar surface area (TPSA) is 65.2 Å². The standard InChI is InChI=1S/C22H23N3O2S/c26-21(6-3-10-23-22(27)17-9-13-28-15-17)25-11-7-16(8-12-25)19-14-24-20-5-2-1-4-18(19)20/h1-2,4-5,7,9,13-15,24H,3,6,8,10-12H2,(H,23,27). The summed E-state index contributed by atoms with van der Waals surface area (Å²) in [6.45, 7) is 1.91. The molecule has 0 unspecified atom stereocenters.